The molecule has 0 aliphatic carbocycles. The molecule has 0 amide bonds. The van der Waals surface area contributed by atoms with E-state index in [0.717, 1.165) is 78.5 Å². The molecular weight excluding hydrogens is 516 g/mol. The second kappa shape index (κ2) is 16.9. The molecule has 42 heavy (non-hydrogen) atoms. The lowest BCUT2D eigenvalue weighted by Gasteiger charge is -2.10. The van der Waals surface area contributed by atoms with E-state index in [1.165, 1.54) is 44.5 Å². The number of nitrogens with one attached hydrogen (secondary N) is 6. The van der Waals surface area contributed by atoms with Crippen molar-refractivity contribution in [3.05, 3.63) is 119 Å². The Bertz CT molecular complexity index is 1090. The summed E-state index contributed by atoms with van der Waals surface area (Å²) in [4.78, 5) is 0. The molecule has 0 fully saturated rings. The van der Waals surface area contributed by atoms with Crippen molar-refractivity contribution in [2.45, 2.75) is 26.2 Å². The topological polar surface area (TPSA) is 72.2 Å². The quantitative estimate of drug-likeness (QED) is 0.192. The van der Waals surface area contributed by atoms with Crippen molar-refractivity contribution in [2.75, 3.05) is 52.4 Å². The largest absolute Gasteiger partial charge is 0.314 e. The molecule has 14 rings (SSSR count). The van der Waals surface area contributed by atoms with Crippen LogP contribution in [0.2, 0.25) is 0 Å². The highest BCUT2D eigenvalue weighted by atomic mass is 15.0. The van der Waals surface area contributed by atoms with Crippen LogP contribution in [0.4, 0.5) is 0 Å². The average molecular weight is 563 g/mol. The second-order valence-corrected chi connectivity index (χ2v) is 11.0. The van der Waals surface area contributed by atoms with E-state index < -0.39 is 0 Å². The van der Waals surface area contributed by atoms with Crippen LogP contribution in [-0.2, 0) is 26.2 Å². The fourth-order valence-electron chi connectivity index (χ4n) is 5.15. The molecule has 0 saturated heterocycles. The summed E-state index contributed by atoms with van der Waals surface area (Å²) in [5.74, 6) is 0. The van der Waals surface area contributed by atoms with Crippen LogP contribution in [0.5, 0.6) is 0 Å². The van der Waals surface area contributed by atoms with Crippen LogP contribution in [0.1, 0.15) is 22.3 Å². The summed E-state index contributed by atoms with van der Waals surface area (Å²) in [6, 6.07) is 35.6. The van der Waals surface area contributed by atoms with Gasteiger partial charge in [-0.1, -0.05) is 97.1 Å². The fourth-order valence-corrected chi connectivity index (χ4v) is 5.15. The van der Waals surface area contributed by atoms with E-state index in [9.17, 15) is 0 Å². The molecule has 10 aliphatic rings. The Balaban J connectivity index is 1.12. The molecule has 0 radical (unpaired) electrons. The first-order chi connectivity index (χ1) is 20.8. The third-order valence-electron chi connectivity index (χ3n) is 7.71. The van der Waals surface area contributed by atoms with Gasteiger partial charge in [-0.2, -0.15) is 0 Å². The van der Waals surface area contributed by atoms with Gasteiger partial charge in [0, 0.05) is 78.5 Å². The van der Waals surface area contributed by atoms with Gasteiger partial charge >= 0.3 is 0 Å². The molecule has 6 nitrogen and oxygen atoms in total. The first kappa shape index (κ1) is 30.1. The zero-order chi connectivity index (χ0) is 28.7. The molecular formula is C36H46N6. The number of rotatable bonds is 0. The van der Waals surface area contributed by atoms with Crippen molar-refractivity contribution in [1.29, 1.82) is 0 Å². The maximum atomic E-state index is 3.55. The monoisotopic (exact) mass is 562 g/mol. The summed E-state index contributed by atoms with van der Waals surface area (Å²) in [5, 5.41) is 21.2. The predicted octanol–water partition coefficient (Wildman–Crippen LogP) is 4.27. The Hall–Kier alpha value is -3.36. The van der Waals surface area contributed by atoms with Gasteiger partial charge in [-0.05, 0) is 44.5 Å². The Kier molecular flexibility index (Phi) is 12.1. The van der Waals surface area contributed by atoms with E-state index in [-0.39, 0.29) is 0 Å². The number of hydrogen-bond acceptors (Lipinski definition) is 6. The summed E-state index contributed by atoms with van der Waals surface area (Å²) < 4.78 is 0. The zero-order valence-corrected chi connectivity index (χ0v) is 24.7. The highest BCUT2D eigenvalue weighted by Gasteiger charge is 2.02. The first-order valence-electron chi connectivity index (χ1n) is 15.4. The first-order valence-corrected chi connectivity index (χ1v) is 15.4. The summed E-state index contributed by atoms with van der Waals surface area (Å²) in [6.45, 7) is 11.2. The Labute approximate surface area is 251 Å². The third kappa shape index (κ3) is 9.88. The van der Waals surface area contributed by atoms with Crippen molar-refractivity contribution >= 4 is 0 Å². The molecule has 0 aromatic heterocycles. The van der Waals surface area contributed by atoms with E-state index in [0.29, 0.717) is 0 Å². The molecule has 10 heterocycles. The molecule has 0 spiro atoms. The van der Waals surface area contributed by atoms with Crippen LogP contribution in [-0.4, -0.2) is 52.4 Å². The van der Waals surface area contributed by atoms with Crippen molar-refractivity contribution in [1.82, 2.24) is 31.9 Å². The summed E-state index contributed by atoms with van der Waals surface area (Å²) in [6.07, 6.45) is 0. The minimum atomic E-state index is 0.885. The summed E-state index contributed by atoms with van der Waals surface area (Å²) >= 11 is 0. The van der Waals surface area contributed by atoms with Crippen molar-refractivity contribution in [3.8, 4) is 22.3 Å². The standard InChI is InChI=1S/C36H46N6/c1-9-33-10-2-29(1)25-39-21-17-37-18-22-41-27-31-5-13-35(14-6-31)36-15-7-32(8-16-36)28-42-24-20-38-19-23-40-26-30-3-11-34(33)12-4-30/h1-16,37-42H,17-28H2. The maximum absolute atomic E-state index is 3.55. The minimum Gasteiger partial charge on any atom is -0.314 e. The van der Waals surface area contributed by atoms with Gasteiger partial charge in [0.15, 0.2) is 0 Å². The van der Waals surface area contributed by atoms with E-state index in [1.807, 2.05) is 0 Å². The molecule has 0 saturated carbocycles. The van der Waals surface area contributed by atoms with Crippen LogP contribution < -0.4 is 31.9 Å². The Morgan fingerprint density at radius 1 is 0.238 bits per heavy atom. The normalized spacial score (nSPS) is 16.8. The second-order valence-electron chi connectivity index (χ2n) is 11.0. The third-order valence-corrected chi connectivity index (χ3v) is 7.71. The van der Waals surface area contributed by atoms with Gasteiger partial charge in [-0.3, -0.25) is 0 Å². The molecule has 0 atom stereocenters. The van der Waals surface area contributed by atoms with E-state index >= 15 is 0 Å². The molecule has 10 aliphatic heterocycles. The highest BCUT2D eigenvalue weighted by Crippen LogP contribution is 2.21. The summed E-state index contributed by atoms with van der Waals surface area (Å²) in [5.41, 5.74) is 10.3. The Morgan fingerprint density at radius 2 is 0.429 bits per heavy atom. The smallest absolute Gasteiger partial charge is 0.0206 e. The van der Waals surface area contributed by atoms with Crippen molar-refractivity contribution in [2.24, 2.45) is 0 Å². The van der Waals surface area contributed by atoms with Crippen LogP contribution in [0.15, 0.2) is 97.1 Å². The lowest BCUT2D eigenvalue weighted by Crippen LogP contribution is -2.32. The van der Waals surface area contributed by atoms with Gasteiger partial charge in [-0.25, -0.2) is 0 Å². The van der Waals surface area contributed by atoms with Gasteiger partial charge in [0.05, 0.1) is 0 Å². The fraction of sp³-hybridized carbons (Fsp3) is 0.333. The van der Waals surface area contributed by atoms with Gasteiger partial charge < -0.3 is 31.9 Å². The molecule has 8 bridgehead atoms. The SMILES string of the molecule is c1cc2ccc1CNCCNCCNCc1ccc(cc1)-c1ccc(cc1)CNCCNCCNCc1ccc-2cc1. The van der Waals surface area contributed by atoms with E-state index in [4.69, 9.17) is 0 Å². The number of benzene rings is 4. The maximum Gasteiger partial charge on any atom is 0.0206 e. The van der Waals surface area contributed by atoms with Gasteiger partial charge in [0.25, 0.3) is 0 Å². The van der Waals surface area contributed by atoms with E-state index in [1.54, 1.807) is 0 Å². The van der Waals surface area contributed by atoms with Gasteiger partial charge in [-0.15, -0.1) is 0 Å². The highest BCUT2D eigenvalue weighted by molar-refractivity contribution is 5.64. The lowest BCUT2D eigenvalue weighted by atomic mass is 10.0. The van der Waals surface area contributed by atoms with Gasteiger partial charge in [0.2, 0.25) is 0 Å². The van der Waals surface area contributed by atoms with Crippen LogP contribution in [0.25, 0.3) is 22.3 Å². The molecule has 4 aromatic carbocycles. The summed E-state index contributed by atoms with van der Waals surface area (Å²) in [7, 11) is 0. The van der Waals surface area contributed by atoms with E-state index in [2.05, 4.69) is 129 Å². The lowest BCUT2D eigenvalue weighted by molar-refractivity contribution is 0.581. The molecule has 0 unspecified atom stereocenters. The molecule has 6 heteroatoms. The van der Waals surface area contributed by atoms with Crippen LogP contribution in [0, 0.1) is 0 Å². The number of hydrogen-bond donors (Lipinski definition) is 6. The van der Waals surface area contributed by atoms with Crippen molar-refractivity contribution in [3.63, 3.8) is 0 Å². The Morgan fingerprint density at radius 3 is 0.643 bits per heavy atom. The van der Waals surface area contributed by atoms with Gasteiger partial charge in [0.1, 0.15) is 0 Å². The van der Waals surface area contributed by atoms with Crippen LogP contribution >= 0.6 is 0 Å². The molecule has 220 valence electrons. The minimum absolute atomic E-state index is 0.885. The predicted molar refractivity (Wildman–Crippen MR) is 176 cm³/mol. The zero-order valence-electron chi connectivity index (χ0n) is 24.7. The molecule has 6 N–H and O–H groups in total. The van der Waals surface area contributed by atoms with Crippen molar-refractivity contribution < 1.29 is 0 Å². The average Bonchev–Trinajstić information content (AvgIpc) is 3.04. The molecule has 4 aromatic rings. The van der Waals surface area contributed by atoms with Crippen LogP contribution in [0.3, 0.4) is 0 Å².